The molecule has 1 heterocycles. The molecule has 0 amide bonds. The van der Waals surface area contributed by atoms with Gasteiger partial charge in [-0.1, -0.05) is 18.5 Å². The van der Waals surface area contributed by atoms with Crippen LogP contribution in [0, 0.1) is 13.8 Å². The van der Waals surface area contributed by atoms with E-state index in [1.165, 1.54) is 0 Å². The standard InChI is InChI=1S/C14H16ClN3/c1-4-12-9(3)13(16)18-14(17-12)11-6-5-10(15)7-8(11)2/h5-7H,4H2,1-3H3,(H2,16,17,18). The Balaban J connectivity index is 2.60. The minimum Gasteiger partial charge on any atom is -0.383 e. The topological polar surface area (TPSA) is 51.8 Å². The van der Waals surface area contributed by atoms with Crippen molar-refractivity contribution in [2.45, 2.75) is 27.2 Å². The maximum absolute atomic E-state index is 5.95. The summed E-state index contributed by atoms with van der Waals surface area (Å²) in [6.45, 7) is 6.01. The van der Waals surface area contributed by atoms with Gasteiger partial charge in [0.15, 0.2) is 5.82 Å². The van der Waals surface area contributed by atoms with E-state index in [0.717, 1.165) is 28.8 Å². The first-order chi connectivity index (χ1) is 8.52. The van der Waals surface area contributed by atoms with Crippen LogP contribution in [0.1, 0.15) is 23.7 Å². The highest BCUT2D eigenvalue weighted by Gasteiger charge is 2.11. The Hall–Kier alpha value is -1.61. The number of aromatic nitrogens is 2. The molecule has 2 aromatic rings. The lowest BCUT2D eigenvalue weighted by molar-refractivity contribution is 0.981. The quantitative estimate of drug-likeness (QED) is 0.899. The third-order valence-corrected chi connectivity index (χ3v) is 3.28. The molecule has 1 aromatic carbocycles. The van der Waals surface area contributed by atoms with E-state index in [-0.39, 0.29) is 0 Å². The monoisotopic (exact) mass is 261 g/mol. The van der Waals surface area contributed by atoms with Crippen molar-refractivity contribution in [3.8, 4) is 11.4 Å². The maximum atomic E-state index is 5.95. The first-order valence-corrected chi connectivity index (χ1v) is 6.30. The molecule has 0 radical (unpaired) electrons. The van der Waals surface area contributed by atoms with Crippen LogP contribution in [0.3, 0.4) is 0 Å². The minimum absolute atomic E-state index is 0.547. The summed E-state index contributed by atoms with van der Waals surface area (Å²) in [7, 11) is 0. The fourth-order valence-electron chi connectivity index (χ4n) is 1.93. The van der Waals surface area contributed by atoms with E-state index in [1.807, 2.05) is 32.0 Å². The Bertz CT molecular complexity index is 594. The van der Waals surface area contributed by atoms with Gasteiger partial charge >= 0.3 is 0 Å². The molecule has 0 aliphatic carbocycles. The lowest BCUT2D eigenvalue weighted by atomic mass is 10.1. The van der Waals surface area contributed by atoms with Gasteiger partial charge in [-0.25, -0.2) is 9.97 Å². The van der Waals surface area contributed by atoms with Crippen LogP contribution >= 0.6 is 11.6 Å². The lowest BCUT2D eigenvalue weighted by Gasteiger charge is -2.10. The molecular formula is C14H16ClN3. The summed E-state index contributed by atoms with van der Waals surface area (Å²) in [5, 5.41) is 0.715. The Morgan fingerprint density at radius 2 is 1.94 bits per heavy atom. The molecule has 0 saturated heterocycles. The average Bonchev–Trinajstić information content (AvgIpc) is 2.32. The third-order valence-electron chi connectivity index (χ3n) is 3.05. The second kappa shape index (κ2) is 4.94. The highest BCUT2D eigenvalue weighted by molar-refractivity contribution is 6.30. The summed E-state index contributed by atoms with van der Waals surface area (Å²) in [4.78, 5) is 8.94. The van der Waals surface area contributed by atoms with E-state index in [0.29, 0.717) is 16.7 Å². The SMILES string of the molecule is CCc1nc(-c2ccc(Cl)cc2C)nc(N)c1C. The zero-order valence-electron chi connectivity index (χ0n) is 10.8. The normalized spacial score (nSPS) is 10.7. The van der Waals surface area contributed by atoms with Crippen molar-refractivity contribution in [3.05, 3.63) is 40.0 Å². The Kier molecular flexibility index (Phi) is 3.53. The van der Waals surface area contributed by atoms with E-state index in [9.17, 15) is 0 Å². The van der Waals surface area contributed by atoms with E-state index in [1.54, 1.807) is 0 Å². The number of nitrogens with zero attached hydrogens (tertiary/aromatic N) is 2. The molecule has 0 aliphatic heterocycles. The molecule has 4 heteroatoms. The molecule has 0 atom stereocenters. The zero-order valence-corrected chi connectivity index (χ0v) is 11.5. The zero-order chi connectivity index (χ0) is 13.3. The molecule has 2 rings (SSSR count). The van der Waals surface area contributed by atoms with Crippen LogP contribution in [0.4, 0.5) is 5.82 Å². The van der Waals surface area contributed by atoms with Crippen molar-refractivity contribution in [3.63, 3.8) is 0 Å². The number of benzene rings is 1. The number of nitrogens with two attached hydrogens (primary N) is 1. The summed E-state index contributed by atoms with van der Waals surface area (Å²) in [5.74, 6) is 1.22. The molecule has 0 unspecified atom stereocenters. The van der Waals surface area contributed by atoms with Gasteiger partial charge < -0.3 is 5.73 Å². The van der Waals surface area contributed by atoms with E-state index >= 15 is 0 Å². The molecule has 2 N–H and O–H groups in total. The largest absolute Gasteiger partial charge is 0.383 e. The molecule has 0 aliphatic rings. The minimum atomic E-state index is 0.547. The fourth-order valence-corrected chi connectivity index (χ4v) is 2.15. The van der Waals surface area contributed by atoms with Crippen molar-refractivity contribution < 1.29 is 0 Å². The predicted molar refractivity (Wildman–Crippen MR) is 75.7 cm³/mol. The van der Waals surface area contributed by atoms with Crippen LogP contribution in [-0.4, -0.2) is 9.97 Å². The Morgan fingerprint density at radius 3 is 2.56 bits per heavy atom. The molecule has 0 fully saturated rings. The van der Waals surface area contributed by atoms with Crippen molar-refractivity contribution in [1.82, 2.24) is 9.97 Å². The van der Waals surface area contributed by atoms with Crippen LogP contribution in [-0.2, 0) is 6.42 Å². The summed E-state index contributed by atoms with van der Waals surface area (Å²) < 4.78 is 0. The number of hydrogen-bond acceptors (Lipinski definition) is 3. The summed E-state index contributed by atoms with van der Waals surface area (Å²) in [6.07, 6.45) is 0.845. The van der Waals surface area contributed by atoms with Crippen molar-refractivity contribution in [1.29, 1.82) is 0 Å². The lowest BCUT2D eigenvalue weighted by Crippen LogP contribution is -2.04. The maximum Gasteiger partial charge on any atom is 0.162 e. The van der Waals surface area contributed by atoms with Crippen molar-refractivity contribution >= 4 is 17.4 Å². The second-order valence-electron chi connectivity index (χ2n) is 4.32. The van der Waals surface area contributed by atoms with Gasteiger partial charge in [-0.2, -0.15) is 0 Å². The average molecular weight is 262 g/mol. The first kappa shape index (κ1) is 12.8. The Morgan fingerprint density at radius 1 is 1.22 bits per heavy atom. The van der Waals surface area contributed by atoms with Gasteiger partial charge in [-0.3, -0.25) is 0 Å². The number of aryl methyl sites for hydroxylation is 2. The third kappa shape index (κ3) is 2.31. The smallest absolute Gasteiger partial charge is 0.162 e. The molecule has 1 aromatic heterocycles. The molecule has 0 bridgehead atoms. The Labute approximate surface area is 112 Å². The number of halogens is 1. The summed E-state index contributed by atoms with van der Waals surface area (Å²) in [6, 6.07) is 5.68. The van der Waals surface area contributed by atoms with Crippen molar-refractivity contribution in [2.24, 2.45) is 0 Å². The van der Waals surface area contributed by atoms with Gasteiger partial charge in [0.2, 0.25) is 0 Å². The van der Waals surface area contributed by atoms with Crippen LogP contribution in [0.25, 0.3) is 11.4 Å². The first-order valence-electron chi connectivity index (χ1n) is 5.92. The predicted octanol–water partition coefficient (Wildman–Crippen LogP) is 3.56. The van der Waals surface area contributed by atoms with Gasteiger partial charge in [-0.15, -0.1) is 0 Å². The van der Waals surface area contributed by atoms with Crippen LogP contribution in [0.5, 0.6) is 0 Å². The number of anilines is 1. The molecule has 0 spiro atoms. The summed E-state index contributed by atoms with van der Waals surface area (Å²) >= 11 is 5.95. The van der Waals surface area contributed by atoms with Crippen LogP contribution < -0.4 is 5.73 Å². The fraction of sp³-hybridized carbons (Fsp3) is 0.286. The highest BCUT2D eigenvalue weighted by Crippen LogP contribution is 2.25. The second-order valence-corrected chi connectivity index (χ2v) is 4.75. The van der Waals surface area contributed by atoms with Gasteiger partial charge in [0.1, 0.15) is 5.82 Å². The van der Waals surface area contributed by atoms with Gasteiger partial charge in [0, 0.05) is 21.8 Å². The molecule has 0 saturated carbocycles. The van der Waals surface area contributed by atoms with E-state index < -0.39 is 0 Å². The summed E-state index contributed by atoms with van der Waals surface area (Å²) in [5.41, 5.74) is 9.92. The number of hydrogen-bond donors (Lipinski definition) is 1. The molecule has 18 heavy (non-hydrogen) atoms. The van der Waals surface area contributed by atoms with Crippen LogP contribution in [0.2, 0.25) is 5.02 Å². The highest BCUT2D eigenvalue weighted by atomic mass is 35.5. The van der Waals surface area contributed by atoms with E-state index in [2.05, 4.69) is 16.9 Å². The molecule has 94 valence electrons. The molecular weight excluding hydrogens is 246 g/mol. The van der Waals surface area contributed by atoms with Crippen LogP contribution in [0.15, 0.2) is 18.2 Å². The van der Waals surface area contributed by atoms with Gasteiger partial charge in [0.25, 0.3) is 0 Å². The van der Waals surface area contributed by atoms with Gasteiger partial charge in [-0.05, 0) is 44.0 Å². The van der Waals surface area contributed by atoms with Gasteiger partial charge in [0.05, 0.1) is 0 Å². The number of nitrogen functional groups attached to an aromatic ring is 1. The van der Waals surface area contributed by atoms with E-state index in [4.69, 9.17) is 17.3 Å². The number of rotatable bonds is 2. The molecule has 3 nitrogen and oxygen atoms in total. The van der Waals surface area contributed by atoms with Crippen molar-refractivity contribution in [2.75, 3.05) is 5.73 Å².